The second-order valence-corrected chi connectivity index (χ2v) is 8.34. The molecule has 0 spiro atoms. The van der Waals surface area contributed by atoms with Gasteiger partial charge in [-0.3, -0.25) is 9.59 Å². The standard InChI is InChI=1S/C21H20ClN3O5S/c1-28-12-4-5-14-18(7-12)31-21(23-14)24-20(27)11-6-19(26)25(10-11)15-8-13(22)16(29-2)9-17(15)30-3/h4-5,7-9,11H,6,10H2,1-3H3,(H,23,24,27)/t11-/m0/s1. The molecule has 3 aromatic rings. The molecular formula is C21H20ClN3O5S. The van der Waals surface area contributed by atoms with E-state index in [9.17, 15) is 9.59 Å². The summed E-state index contributed by atoms with van der Waals surface area (Å²) in [5.41, 5.74) is 1.27. The van der Waals surface area contributed by atoms with Crippen LogP contribution in [0.2, 0.25) is 5.02 Å². The van der Waals surface area contributed by atoms with Gasteiger partial charge in [-0.1, -0.05) is 22.9 Å². The molecule has 8 nitrogen and oxygen atoms in total. The van der Waals surface area contributed by atoms with Gasteiger partial charge in [0.05, 0.1) is 48.2 Å². The Morgan fingerprint density at radius 3 is 2.65 bits per heavy atom. The first-order valence-electron chi connectivity index (χ1n) is 9.40. The molecule has 0 aliphatic carbocycles. The van der Waals surface area contributed by atoms with E-state index < -0.39 is 5.92 Å². The molecule has 1 atom stereocenters. The van der Waals surface area contributed by atoms with Gasteiger partial charge in [0.25, 0.3) is 0 Å². The van der Waals surface area contributed by atoms with Gasteiger partial charge in [-0.15, -0.1) is 0 Å². The van der Waals surface area contributed by atoms with Gasteiger partial charge < -0.3 is 24.4 Å². The number of aromatic nitrogens is 1. The molecule has 1 fully saturated rings. The van der Waals surface area contributed by atoms with E-state index in [4.69, 9.17) is 25.8 Å². The highest BCUT2D eigenvalue weighted by Gasteiger charge is 2.37. The van der Waals surface area contributed by atoms with Crippen molar-refractivity contribution in [2.75, 3.05) is 38.1 Å². The normalized spacial score (nSPS) is 15.9. The van der Waals surface area contributed by atoms with E-state index in [-0.39, 0.29) is 24.8 Å². The summed E-state index contributed by atoms with van der Waals surface area (Å²) in [6, 6.07) is 8.74. The number of methoxy groups -OCH3 is 3. The summed E-state index contributed by atoms with van der Waals surface area (Å²) in [5, 5.41) is 3.66. The van der Waals surface area contributed by atoms with E-state index in [2.05, 4.69) is 10.3 Å². The fraction of sp³-hybridized carbons (Fsp3) is 0.286. The van der Waals surface area contributed by atoms with Crippen LogP contribution < -0.4 is 24.4 Å². The van der Waals surface area contributed by atoms with Crippen LogP contribution in [-0.2, 0) is 9.59 Å². The maximum absolute atomic E-state index is 12.8. The van der Waals surface area contributed by atoms with Crippen LogP contribution in [0.1, 0.15) is 6.42 Å². The zero-order valence-electron chi connectivity index (χ0n) is 17.1. The van der Waals surface area contributed by atoms with Crippen LogP contribution in [0.4, 0.5) is 10.8 Å². The minimum atomic E-state index is -0.528. The van der Waals surface area contributed by atoms with E-state index in [1.807, 2.05) is 18.2 Å². The number of carbonyl (C=O) groups excluding carboxylic acids is 2. The summed E-state index contributed by atoms with van der Waals surface area (Å²) in [6.45, 7) is 0.211. The van der Waals surface area contributed by atoms with Crippen LogP contribution in [0.5, 0.6) is 17.2 Å². The van der Waals surface area contributed by atoms with Crippen molar-refractivity contribution in [2.45, 2.75) is 6.42 Å². The van der Waals surface area contributed by atoms with Gasteiger partial charge in [0.15, 0.2) is 5.13 Å². The molecule has 0 bridgehead atoms. The smallest absolute Gasteiger partial charge is 0.231 e. The fourth-order valence-electron chi connectivity index (χ4n) is 3.46. The van der Waals surface area contributed by atoms with Crippen LogP contribution in [-0.4, -0.2) is 44.7 Å². The van der Waals surface area contributed by atoms with Crippen LogP contribution in [0, 0.1) is 5.92 Å². The molecule has 1 aromatic heterocycles. The number of hydrogen-bond acceptors (Lipinski definition) is 7. The summed E-state index contributed by atoms with van der Waals surface area (Å²) >= 11 is 7.59. The molecular weight excluding hydrogens is 442 g/mol. The van der Waals surface area contributed by atoms with Gasteiger partial charge in [0.2, 0.25) is 11.8 Å². The summed E-state index contributed by atoms with van der Waals surface area (Å²) < 4.78 is 16.7. The third-order valence-electron chi connectivity index (χ3n) is 5.07. The quantitative estimate of drug-likeness (QED) is 0.597. The predicted octanol–water partition coefficient (Wildman–Crippen LogP) is 3.97. The van der Waals surface area contributed by atoms with Crippen molar-refractivity contribution in [3.63, 3.8) is 0 Å². The summed E-state index contributed by atoms with van der Waals surface area (Å²) in [5.74, 6) is 0.624. The zero-order chi connectivity index (χ0) is 22.1. The number of ether oxygens (including phenoxy) is 3. The third-order valence-corrected chi connectivity index (χ3v) is 6.29. The van der Waals surface area contributed by atoms with E-state index in [1.54, 1.807) is 19.2 Å². The van der Waals surface area contributed by atoms with Crippen molar-refractivity contribution in [1.29, 1.82) is 0 Å². The molecule has 2 aromatic carbocycles. The Morgan fingerprint density at radius 2 is 1.94 bits per heavy atom. The van der Waals surface area contributed by atoms with Gasteiger partial charge in [-0.05, 0) is 24.3 Å². The number of fused-ring (bicyclic) bond motifs is 1. The Kier molecular flexibility index (Phi) is 5.88. The average molecular weight is 462 g/mol. The second-order valence-electron chi connectivity index (χ2n) is 6.91. The molecule has 1 aliphatic rings. The van der Waals surface area contributed by atoms with Crippen molar-refractivity contribution < 1.29 is 23.8 Å². The lowest BCUT2D eigenvalue weighted by Gasteiger charge is -2.20. The van der Waals surface area contributed by atoms with E-state index in [1.165, 1.54) is 30.5 Å². The van der Waals surface area contributed by atoms with Gasteiger partial charge >= 0.3 is 0 Å². The molecule has 4 rings (SSSR count). The highest BCUT2D eigenvalue weighted by Crippen LogP contribution is 2.40. The number of benzene rings is 2. The molecule has 1 saturated heterocycles. The number of nitrogens with zero attached hydrogens (tertiary/aromatic N) is 2. The monoisotopic (exact) mass is 461 g/mol. The fourth-order valence-corrected chi connectivity index (χ4v) is 4.60. The Balaban J connectivity index is 1.52. The zero-order valence-corrected chi connectivity index (χ0v) is 18.7. The summed E-state index contributed by atoms with van der Waals surface area (Å²) in [4.78, 5) is 31.5. The lowest BCUT2D eigenvalue weighted by Crippen LogP contribution is -2.28. The maximum atomic E-state index is 12.8. The highest BCUT2D eigenvalue weighted by molar-refractivity contribution is 7.22. The maximum Gasteiger partial charge on any atom is 0.231 e. The number of halogens is 1. The molecule has 162 valence electrons. The molecule has 1 aliphatic heterocycles. The summed E-state index contributed by atoms with van der Waals surface area (Å²) in [7, 11) is 4.59. The highest BCUT2D eigenvalue weighted by atomic mass is 35.5. The van der Waals surface area contributed by atoms with Crippen LogP contribution in [0.25, 0.3) is 10.2 Å². The first kappa shape index (κ1) is 21.2. The van der Waals surface area contributed by atoms with Crippen LogP contribution in [0.15, 0.2) is 30.3 Å². The number of anilines is 2. The van der Waals surface area contributed by atoms with E-state index in [0.717, 1.165) is 16.0 Å². The van der Waals surface area contributed by atoms with Crippen molar-refractivity contribution in [2.24, 2.45) is 5.92 Å². The Hall–Kier alpha value is -3.04. The van der Waals surface area contributed by atoms with E-state index >= 15 is 0 Å². The van der Waals surface area contributed by atoms with Crippen LogP contribution >= 0.6 is 22.9 Å². The van der Waals surface area contributed by atoms with Gasteiger partial charge in [0.1, 0.15) is 17.2 Å². The van der Waals surface area contributed by atoms with Gasteiger partial charge in [-0.2, -0.15) is 0 Å². The predicted molar refractivity (Wildman–Crippen MR) is 120 cm³/mol. The Labute approximate surface area is 187 Å². The van der Waals surface area contributed by atoms with Crippen molar-refractivity contribution >= 4 is 55.8 Å². The average Bonchev–Trinajstić information content (AvgIpc) is 3.35. The first-order chi connectivity index (χ1) is 14.9. The Morgan fingerprint density at radius 1 is 1.16 bits per heavy atom. The number of thiazole rings is 1. The molecule has 2 heterocycles. The van der Waals surface area contributed by atoms with Crippen molar-refractivity contribution in [3.05, 3.63) is 35.4 Å². The second kappa shape index (κ2) is 8.60. The lowest BCUT2D eigenvalue weighted by atomic mass is 10.1. The SMILES string of the molecule is COc1ccc2nc(NC(=O)[C@H]3CC(=O)N(c4cc(Cl)c(OC)cc4OC)C3)sc2c1. The topological polar surface area (TPSA) is 90.0 Å². The number of nitrogens with one attached hydrogen (secondary N) is 1. The number of amides is 2. The molecule has 10 heteroatoms. The van der Waals surface area contributed by atoms with E-state index in [0.29, 0.717) is 27.3 Å². The molecule has 0 radical (unpaired) electrons. The lowest BCUT2D eigenvalue weighted by molar-refractivity contribution is -0.122. The number of hydrogen-bond donors (Lipinski definition) is 1. The van der Waals surface area contributed by atoms with Crippen LogP contribution in [0.3, 0.4) is 0 Å². The largest absolute Gasteiger partial charge is 0.497 e. The molecule has 1 N–H and O–H groups in total. The number of rotatable bonds is 6. The number of carbonyl (C=O) groups is 2. The minimum Gasteiger partial charge on any atom is -0.497 e. The van der Waals surface area contributed by atoms with Crippen molar-refractivity contribution in [3.8, 4) is 17.2 Å². The molecule has 2 amide bonds. The van der Waals surface area contributed by atoms with Gasteiger partial charge in [0, 0.05) is 19.0 Å². The van der Waals surface area contributed by atoms with Crippen molar-refractivity contribution in [1.82, 2.24) is 4.98 Å². The molecule has 31 heavy (non-hydrogen) atoms. The summed E-state index contributed by atoms with van der Waals surface area (Å²) in [6.07, 6.45) is 0.0807. The molecule has 0 unspecified atom stereocenters. The Bertz CT molecular complexity index is 1170. The minimum absolute atomic E-state index is 0.0807. The molecule has 0 saturated carbocycles. The third kappa shape index (κ3) is 4.11. The van der Waals surface area contributed by atoms with Gasteiger partial charge in [-0.25, -0.2) is 4.98 Å². The first-order valence-corrected chi connectivity index (χ1v) is 10.6.